The quantitative estimate of drug-likeness (QED) is 0.386. The molecule has 0 fully saturated rings. The molecule has 1 heterocycles. The zero-order valence-corrected chi connectivity index (χ0v) is 17.3. The number of fused-ring (bicyclic) bond motifs is 1. The predicted octanol–water partition coefficient (Wildman–Crippen LogP) is 5.53. The van der Waals surface area contributed by atoms with E-state index in [0.717, 1.165) is 33.6 Å². The lowest BCUT2D eigenvalue weighted by Gasteiger charge is -2.19. The highest BCUT2D eigenvalue weighted by Gasteiger charge is 2.21. The summed E-state index contributed by atoms with van der Waals surface area (Å²) < 4.78 is 11.1. The molecule has 0 radical (unpaired) electrons. The summed E-state index contributed by atoms with van der Waals surface area (Å²) in [5.74, 6) is 0.421. The lowest BCUT2D eigenvalue weighted by molar-refractivity contribution is -0.144. The molecule has 0 aliphatic heterocycles. The second kappa shape index (κ2) is 9.76. The van der Waals surface area contributed by atoms with Crippen LogP contribution in [0.5, 0.6) is 5.75 Å². The van der Waals surface area contributed by atoms with Crippen LogP contribution in [0.15, 0.2) is 91.0 Å². The Bertz CT molecular complexity index is 1140. The predicted molar refractivity (Wildman–Crippen MR) is 122 cm³/mol. The minimum Gasteiger partial charge on any atom is -0.487 e. The molecule has 1 aromatic heterocycles. The lowest BCUT2D eigenvalue weighted by atomic mass is 10.1. The molecule has 4 aromatic rings. The maximum absolute atomic E-state index is 12.5. The Labute approximate surface area is 181 Å². The van der Waals surface area contributed by atoms with Crippen LogP contribution >= 0.6 is 0 Å². The molecule has 156 valence electrons. The van der Waals surface area contributed by atoms with Crippen molar-refractivity contribution >= 4 is 22.6 Å². The second-order valence-electron chi connectivity index (χ2n) is 7.05. The zero-order chi connectivity index (χ0) is 21.5. The summed E-state index contributed by atoms with van der Waals surface area (Å²) in [5.41, 5.74) is 3.48. The van der Waals surface area contributed by atoms with Gasteiger partial charge in [-0.3, -0.25) is 0 Å². The normalized spacial score (nSPS) is 11.6. The first-order chi connectivity index (χ1) is 15.2. The van der Waals surface area contributed by atoms with Crippen LogP contribution < -0.4 is 10.1 Å². The Balaban J connectivity index is 1.42. The minimum atomic E-state index is -0.574. The molecule has 1 N–H and O–H groups in total. The van der Waals surface area contributed by atoms with Crippen LogP contribution in [-0.4, -0.2) is 17.6 Å². The molecule has 5 heteroatoms. The van der Waals surface area contributed by atoms with E-state index in [1.165, 1.54) is 0 Å². The number of pyridine rings is 1. The van der Waals surface area contributed by atoms with E-state index in [9.17, 15) is 4.79 Å². The molecule has 0 saturated carbocycles. The highest BCUT2D eigenvalue weighted by Crippen LogP contribution is 2.24. The van der Waals surface area contributed by atoms with Gasteiger partial charge in [0.15, 0.2) is 6.04 Å². The van der Waals surface area contributed by atoms with Crippen molar-refractivity contribution in [3.8, 4) is 5.75 Å². The molecular formula is C26H24N2O3. The summed E-state index contributed by atoms with van der Waals surface area (Å²) in [6.07, 6.45) is 0. The van der Waals surface area contributed by atoms with Gasteiger partial charge in [-0.25, -0.2) is 9.78 Å². The third kappa shape index (κ3) is 5.20. The minimum absolute atomic E-state index is 0.309. The van der Waals surface area contributed by atoms with Gasteiger partial charge in [-0.2, -0.15) is 0 Å². The van der Waals surface area contributed by atoms with Gasteiger partial charge in [-0.1, -0.05) is 54.6 Å². The summed E-state index contributed by atoms with van der Waals surface area (Å²) in [7, 11) is 0. The van der Waals surface area contributed by atoms with Crippen molar-refractivity contribution in [1.82, 2.24) is 4.98 Å². The summed E-state index contributed by atoms with van der Waals surface area (Å²) in [6.45, 7) is 2.52. The second-order valence-corrected chi connectivity index (χ2v) is 7.05. The third-order valence-corrected chi connectivity index (χ3v) is 4.86. The Hall–Kier alpha value is -3.86. The molecule has 31 heavy (non-hydrogen) atoms. The molecule has 1 atom stereocenters. The van der Waals surface area contributed by atoms with Crippen LogP contribution in [0.1, 0.15) is 24.2 Å². The lowest BCUT2D eigenvalue weighted by Crippen LogP contribution is -2.23. The highest BCUT2D eigenvalue weighted by atomic mass is 16.5. The van der Waals surface area contributed by atoms with Crippen LogP contribution in [0.3, 0.4) is 0 Å². The zero-order valence-electron chi connectivity index (χ0n) is 17.3. The first kappa shape index (κ1) is 20.4. The molecule has 0 bridgehead atoms. The van der Waals surface area contributed by atoms with Crippen LogP contribution in [0.25, 0.3) is 10.9 Å². The molecule has 0 amide bonds. The Morgan fingerprint density at radius 1 is 0.903 bits per heavy atom. The van der Waals surface area contributed by atoms with Gasteiger partial charge >= 0.3 is 5.97 Å². The van der Waals surface area contributed by atoms with Crippen molar-refractivity contribution in [1.29, 1.82) is 0 Å². The Kier molecular flexibility index (Phi) is 6.43. The van der Waals surface area contributed by atoms with Gasteiger partial charge in [0.25, 0.3) is 0 Å². The van der Waals surface area contributed by atoms with Gasteiger partial charge in [0.05, 0.1) is 17.8 Å². The van der Waals surface area contributed by atoms with E-state index in [-0.39, 0.29) is 5.97 Å². The van der Waals surface area contributed by atoms with E-state index < -0.39 is 6.04 Å². The maximum atomic E-state index is 12.5. The molecule has 0 spiro atoms. The number of hydrogen-bond acceptors (Lipinski definition) is 5. The van der Waals surface area contributed by atoms with Gasteiger partial charge < -0.3 is 14.8 Å². The largest absolute Gasteiger partial charge is 0.487 e. The number of esters is 1. The number of ether oxygens (including phenoxy) is 2. The van der Waals surface area contributed by atoms with Gasteiger partial charge in [0, 0.05) is 11.1 Å². The van der Waals surface area contributed by atoms with E-state index >= 15 is 0 Å². The number of rotatable bonds is 8. The molecule has 0 aliphatic rings. The fourth-order valence-corrected chi connectivity index (χ4v) is 3.31. The van der Waals surface area contributed by atoms with Crippen molar-refractivity contribution < 1.29 is 14.3 Å². The number of hydrogen-bond donors (Lipinski definition) is 1. The number of nitrogens with one attached hydrogen (secondary N) is 1. The third-order valence-electron chi connectivity index (χ3n) is 4.86. The maximum Gasteiger partial charge on any atom is 0.333 e. The van der Waals surface area contributed by atoms with E-state index in [2.05, 4.69) is 10.3 Å². The number of anilines is 1. The standard InChI is InChI=1S/C26H24N2O3/c1-2-30-26(29)25(20-9-4-3-5-10-20)28-21-14-16-23(17-15-21)31-18-22-13-12-19-8-6-7-11-24(19)27-22/h3-17,25,28H,2,18H2,1H3. The smallest absolute Gasteiger partial charge is 0.333 e. The van der Waals surface area contributed by atoms with Crippen LogP contribution in [0.4, 0.5) is 5.69 Å². The van der Waals surface area contributed by atoms with Crippen molar-refractivity contribution in [2.24, 2.45) is 0 Å². The number of para-hydroxylation sites is 1. The van der Waals surface area contributed by atoms with Gasteiger partial charge in [-0.05, 0) is 48.9 Å². The first-order valence-electron chi connectivity index (χ1n) is 10.3. The van der Waals surface area contributed by atoms with Crippen LogP contribution in [0.2, 0.25) is 0 Å². The number of nitrogens with zero attached hydrogens (tertiary/aromatic N) is 1. The summed E-state index contributed by atoms with van der Waals surface area (Å²) in [5, 5.41) is 4.37. The summed E-state index contributed by atoms with van der Waals surface area (Å²) in [4.78, 5) is 17.1. The Morgan fingerprint density at radius 2 is 1.65 bits per heavy atom. The molecule has 1 unspecified atom stereocenters. The number of carbonyl (C=O) groups excluding carboxylic acids is 1. The average Bonchev–Trinajstić information content (AvgIpc) is 2.82. The van der Waals surface area contributed by atoms with Crippen molar-refractivity contribution in [3.63, 3.8) is 0 Å². The van der Waals surface area contributed by atoms with E-state index in [1.54, 1.807) is 6.92 Å². The Morgan fingerprint density at radius 3 is 2.42 bits per heavy atom. The van der Waals surface area contributed by atoms with Gasteiger partial charge in [0.2, 0.25) is 0 Å². The fraction of sp³-hybridized carbons (Fsp3) is 0.154. The topological polar surface area (TPSA) is 60.5 Å². The molecule has 4 rings (SSSR count). The number of benzene rings is 3. The van der Waals surface area contributed by atoms with Crippen molar-refractivity contribution in [2.75, 3.05) is 11.9 Å². The molecular weight excluding hydrogens is 388 g/mol. The van der Waals surface area contributed by atoms with Crippen molar-refractivity contribution in [2.45, 2.75) is 19.6 Å². The van der Waals surface area contributed by atoms with Crippen LogP contribution in [-0.2, 0) is 16.1 Å². The average molecular weight is 412 g/mol. The molecule has 0 aliphatic carbocycles. The molecule has 0 saturated heterocycles. The fourth-order valence-electron chi connectivity index (χ4n) is 3.31. The first-order valence-corrected chi connectivity index (χ1v) is 10.3. The van der Waals surface area contributed by atoms with E-state index in [0.29, 0.717) is 13.2 Å². The highest BCUT2D eigenvalue weighted by molar-refractivity contribution is 5.81. The van der Waals surface area contributed by atoms with E-state index in [1.807, 2.05) is 91.0 Å². The summed E-state index contributed by atoms with van der Waals surface area (Å²) in [6, 6.07) is 28.5. The number of aromatic nitrogens is 1. The van der Waals surface area contributed by atoms with Gasteiger partial charge in [-0.15, -0.1) is 0 Å². The van der Waals surface area contributed by atoms with Gasteiger partial charge in [0.1, 0.15) is 12.4 Å². The monoisotopic (exact) mass is 412 g/mol. The molecule has 3 aromatic carbocycles. The summed E-state index contributed by atoms with van der Waals surface area (Å²) >= 11 is 0. The SMILES string of the molecule is CCOC(=O)C(Nc1ccc(OCc2ccc3ccccc3n2)cc1)c1ccccc1. The number of carbonyl (C=O) groups is 1. The van der Waals surface area contributed by atoms with Crippen molar-refractivity contribution in [3.05, 3.63) is 102 Å². The van der Waals surface area contributed by atoms with Crippen LogP contribution in [0, 0.1) is 0 Å². The molecule has 5 nitrogen and oxygen atoms in total. The van der Waals surface area contributed by atoms with E-state index in [4.69, 9.17) is 9.47 Å².